The average Bonchev–Trinajstić information content (AvgIpc) is 2.99. The molecule has 0 spiro atoms. The number of carbonyl (C=O) groups is 1. The molecule has 0 saturated heterocycles. The molecule has 7 heteroatoms. The number of phenols is 1. The lowest BCUT2D eigenvalue weighted by atomic mass is 10.1. The van der Waals surface area contributed by atoms with Crippen LogP contribution in [0, 0.1) is 0 Å². The summed E-state index contributed by atoms with van der Waals surface area (Å²) in [6.45, 7) is 0. The molecule has 0 aliphatic carbocycles. The zero-order valence-electron chi connectivity index (χ0n) is 12.7. The minimum absolute atomic E-state index is 0.000342. The number of ether oxygens (including phenoxy) is 1. The Morgan fingerprint density at radius 1 is 1.21 bits per heavy atom. The number of hydrogen-bond donors (Lipinski definition) is 1. The van der Waals surface area contributed by atoms with E-state index in [-0.39, 0.29) is 22.0 Å². The quantitative estimate of drug-likeness (QED) is 0.720. The Hall–Kier alpha value is -2.38. The Kier molecular flexibility index (Phi) is 4.29. The molecule has 2 aromatic carbocycles. The van der Waals surface area contributed by atoms with Gasteiger partial charge in [0.15, 0.2) is 9.84 Å². The van der Waals surface area contributed by atoms with Crippen LogP contribution in [0.1, 0.15) is 15.9 Å². The second-order valence-corrected chi connectivity index (χ2v) is 8.07. The van der Waals surface area contributed by atoms with Crippen molar-refractivity contribution in [1.29, 1.82) is 0 Å². The Balaban J connectivity index is 1.95. The fraction of sp³-hybridized carbons (Fsp3) is 0.118. The van der Waals surface area contributed by atoms with Gasteiger partial charge in [0.2, 0.25) is 0 Å². The van der Waals surface area contributed by atoms with Gasteiger partial charge in [-0.1, -0.05) is 24.3 Å². The maximum Gasteiger partial charge on any atom is 0.341 e. The summed E-state index contributed by atoms with van der Waals surface area (Å²) in [5, 5.41) is 12.2. The lowest BCUT2D eigenvalue weighted by Gasteiger charge is -2.07. The molecular weight excluding hydrogens is 348 g/mol. The average molecular weight is 362 g/mol. The maximum absolute atomic E-state index is 12.7. The van der Waals surface area contributed by atoms with E-state index in [0.717, 1.165) is 4.70 Å². The van der Waals surface area contributed by atoms with Crippen LogP contribution in [0.25, 0.3) is 10.1 Å². The molecule has 124 valence electrons. The third-order valence-corrected chi connectivity index (χ3v) is 6.44. The zero-order chi connectivity index (χ0) is 17.3. The van der Waals surface area contributed by atoms with Gasteiger partial charge in [-0.25, -0.2) is 13.2 Å². The van der Waals surface area contributed by atoms with Crippen LogP contribution < -0.4 is 0 Å². The summed E-state index contributed by atoms with van der Waals surface area (Å²) in [5.74, 6) is -1.24. The highest BCUT2D eigenvalue weighted by Gasteiger charge is 2.21. The van der Waals surface area contributed by atoms with Gasteiger partial charge in [0.05, 0.1) is 17.8 Å². The van der Waals surface area contributed by atoms with E-state index in [0.29, 0.717) is 10.9 Å². The summed E-state index contributed by atoms with van der Waals surface area (Å²) in [5.41, 5.74) is 0.398. The van der Waals surface area contributed by atoms with Crippen molar-refractivity contribution < 1.29 is 23.1 Å². The first kappa shape index (κ1) is 16.5. The van der Waals surface area contributed by atoms with E-state index in [2.05, 4.69) is 4.74 Å². The van der Waals surface area contributed by atoms with Crippen molar-refractivity contribution in [3.05, 3.63) is 59.0 Å². The second-order valence-electron chi connectivity index (χ2n) is 5.20. The van der Waals surface area contributed by atoms with Gasteiger partial charge in [0.25, 0.3) is 0 Å². The lowest BCUT2D eigenvalue weighted by molar-refractivity contribution is 0.0597. The van der Waals surface area contributed by atoms with E-state index in [1.165, 1.54) is 36.6 Å². The summed E-state index contributed by atoms with van der Waals surface area (Å²) in [7, 11) is -2.36. The SMILES string of the molecule is COC(=O)c1ccc(CS(=O)(=O)c2csc3ccccc23)cc1O. The normalized spacial score (nSPS) is 11.5. The van der Waals surface area contributed by atoms with Gasteiger partial charge >= 0.3 is 5.97 Å². The molecule has 1 aromatic heterocycles. The van der Waals surface area contributed by atoms with Gasteiger partial charge in [-0.05, 0) is 23.8 Å². The number of hydrogen-bond acceptors (Lipinski definition) is 6. The van der Waals surface area contributed by atoms with Crippen LogP contribution in [-0.2, 0) is 20.3 Å². The highest BCUT2D eigenvalue weighted by atomic mass is 32.2. The molecule has 0 radical (unpaired) electrons. The number of rotatable bonds is 4. The third kappa shape index (κ3) is 3.00. The number of carbonyl (C=O) groups excluding carboxylic acids is 1. The molecule has 0 aliphatic rings. The fourth-order valence-corrected chi connectivity index (χ4v) is 5.35. The van der Waals surface area contributed by atoms with Crippen molar-refractivity contribution in [2.75, 3.05) is 7.11 Å². The number of thiophene rings is 1. The van der Waals surface area contributed by atoms with Gasteiger partial charge in [-0.3, -0.25) is 0 Å². The minimum atomic E-state index is -3.57. The molecule has 0 unspecified atom stereocenters. The molecule has 0 amide bonds. The van der Waals surface area contributed by atoms with Gasteiger partial charge in [0.1, 0.15) is 11.3 Å². The van der Waals surface area contributed by atoms with Crippen LogP contribution in [0.4, 0.5) is 0 Å². The van der Waals surface area contributed by atoms with Crippen LogP contribution in [0.15, 0.2) is 52.7 Å². The van der Waals surface area contributed by atoms with Gasteiger partial charge in [0, 0.05) is 15.5 Å². The molecule has 0 aliphatic heterocycles. The molecule has 0 saturated carbocycles. The fourth-order valence-electron chi connectivity index (χ4n) is 2.44. The van der Waals surface area contributed by atoms with Crippen LogP contribution in [-0.4, -0.2) is 26.6 Å². The van der Waals surface area contributed by atoms with E-state index in [9.17, 15) is 18.3 Å². The minimum Gasteiger partial charge on any atom is -0.507 e. The van der Waals surface area contributed by atoms with Crippen LogP contribution >= 0.6 is 11.3 Å². The predicted molar refractivity (Wildman–Crippen MR) is 92.2 cm³/mol. The smallest absolute Gasteiger partial charge is 0.341 e. The third-order valence-electron chi connectivity index (χ3n) is 3.60. The number of phenolic OH excluding ortho intramolecular Hbond substituents is 1. The zero-order valence-corrected chi connectivity index (χ0v) is 14.4. The van der Waals surface area contributed by atoms with Crippen LogP contribution in [0.2, 0.25) is 0 Å². The second kappa shape index (κ2) is 6.26. The van der Waals surface area contributed by atoms with Gasteiger partial charge < -0.3 is 9.84 Å². The summed E-state index contributed by atoms with van der Waals surface area (Å²) >= 11 is 1.37. The van der Waals surface area contributed by atoms with E-state index < -0.39 is 15.8 Å². The predicted octanol–water partition coefficient (Wildman–Crippen LogP) is 3.37. The molecule has 0 bridgehead atoms. The van der Waals surface area contributed by atoms with Crippen molar-refractivity contribution >= 4 is 37.2 Å². The first-order valence-corrected chi connectivity index (χ1v) is 9.55. The van der Waals surface area contributed by atoms with Crippen molar-refractivity contribution in [3.63, 3.8) is 0 Å². The summed E-state index contributed by atoms with van der Waals surface area (Å²) in [6.07, 6.45) is 0. The molecule has 0 fully saturated rings. The Morgan fingerprint density at radius 3 is 2.67 bits per heavy atom. The largest absolute Gasteiger partial charge is 0.507 e. The van der Waals surface area contributed by atoms with Crippen molar-refractivity contribution in [2.24, 2.45) is 0 Å². The lowest BCUT2D eigenvalue weighted by Crippen LogP contribution is -2.06. The molecule has 1 heterocycles. The number of benzene rings is 2. The Labute approximate surface area is 143 Å². The molecule has 5 nitrogen and oxygen atoms in total. The van der Waals surface area contributed by atoms with E-state index in [1.807, 2.05) is 12.1 Å². The van der Waals surface area contributed by atoms with Crippen LogP contribution in [0.5, 0.6) is 5.75 Å². The van der Waals surface area contributed by atoms with Gasteiger partial charge in [-0.2, -0.15) is 0 Å². The van der Waals surface area contributed by atoms with Gasteiger partial charge in [-0.15, -0.1) is 11.3 Å². The monoisotopic (exact) mass is 362 g/mol. The summed E-state index contributed by atoms with van der Waals surface area (Å²) in [4.78, 5) is 11.7. The highest BCUT2D eigenvalue weighted by Crippen LogP contribution is 2.32. The number of sulfone groups is 1. The Morgan fingerprint density at radius 2 is 1.96 bits per heavy atom. The molecular formula is C17H14O5S2. The molecule has 3 aromatic rings. The standard InChI is InChI=1S/C17H14O5S2/c1-22-17(19)12-7-6-11(8-14(12)18)10-24(20,21)16-9-23-15-5-3-2-4-13(15)16/h2-9,18H,10H2,1H3. The van der Waals surface area contributed by atoms with Crippen LogP contribution in [0.3, 0.4) is 0 Å². The first-order chi connectivity index (χ1) is 11.4. The van der Waals surface area contributed by atoms with Crippen molar-refractivity contribution in [3.8, 4) is 5.75 Å². The topological polar surface area (TPSA) is 80.7 Å². The number of methoxy groups -OCH3 is 1. The number of fused-ring (bicyclic) bond motifs is 1. The van der Waals surface area contributed by atoms with E-state index >= 15 is 0 Å². The highest BCUT2D eigenvalue weighted by molar-refractivity contribution is 7.91. The maximum atomic E-state index is 12.7. The van der Waals surface area contributed by atoms with E-state index in [1.54, 1.807) is 17.5 Å². The van der Waals surface area contributed by atoms with E-state index in [4.69, 9.17) is 0 Å². The molecule has 0 atom stereocenters. The summed E-state index contributed by atoms with van der Waals surface area (Å²) < 4.78 is 30.8. The molecule has 24 heavy (non-hydrogen) atoms. The van der Waals surface area contributed by atoms with Crippen molar-refractivity contribution in [2.45, 2.75) is 10.6 Å². The number of esters is 1. The van der Waals surface area contributed by atoms with Crippen molar-refractivity contribution in [1.82, 2.24) is 0 Å². The summed E-state index contributed by atoms with van der Waals surface area (Å²) in [6, 6.07) is 11.4. The Bertz CT molecular complexity index is 1020. The first-order valence-electron chi connectivity index (χ1n) is 7.01. The molecule has 1 N–H and O–H groups in total. The molecule has 3 rings (SSSR count). The number of aromatic hydroxyl groups is 1.